The molecule has 1 heterocycles. The number of fused-ring (bicyclic) bond motifs is 1. The van der Waals surface area contributed by atoms with Gasteiger partial charge in [-0.1, -0.05) is 13.8 Å². The van der Waals surface area contributed by atoms with Gasteiger partial charge in [0.1, 0.15) is 11.6 Å². The maximum absolute atomic E-state index is 12.0. The Kier molecular flexibility index (Phi) is 3.80. The highest BCUT2D eigenvalue weighted by atomic mass is 32.2. The summed E-state index contributed by atoms with van der Waals surface area (Å²) >= 11 is 0. The van der Waals surface area contributed by atoms with Crippen LogP contribution in [0, 0.1) is 5.92 Å². The standard InChI is InChI=1S/C13H19N3O2S/c1-9(2)5-6-19(17,18)8-13-15-11-4-3-10(14)7-12(11)16-13/h3-4,7,9H,5-6,8,14H2,1-2H3,(H,15,16). The molecule has 19 heavy (non-hydrogen) atoms. The number of anilines is 1. The summed E-state index contributed by atoms with van der Waals surface area (Å²) < 4.78 is 23.9. The molecule has 0 saturated heterocycles. The van der Waals surface area contributed by atoms with Gasteiger partial charge in [-0.25, -0.2) is 13.4 Å². The summed E-state index contributed by atoms with van der Waals surface area (Å²) in [6.07, 6.45) is 0.676. The fourth-order valence-electron chi connectivity index (χ4n) is 1.84. The fourth-order valence-corrected chi connectivity index (χ4v) is 3.37. The van der Waals surface area contributed by atoms with E-state index in [-0.39, 0.29) is 11.5 Å². The molecule has 0 spiro atoms. The Labute approximate surface area is 113 Å². The van der Waals surface area contributed by atoms with Crippen molar-refractivity contribution < 1.29 is 8.42 Å². The number of nitrogens with one attached hydrogen (secondary N) is 1. The predicted octanol–water partition coefficient (Wildman–Crippen LogP) is 2.11. The highest BCUT2D eigenvalue weighted by Gasteiger charge is 2.15. The van der Waals surface area contributed by atoms with Crippen LogP contribution < -0.4 is 5.73 Å². The molecule has 6 heteroatoms. The molecular weight excluding hydrogens is 262 g/mol. The van der Waals surface area contributed by atoms with Crippen LogP contribution >= 0.6 is 0 Å². The topological polar surface area (TPSA) is 88.8 Å². The van der Waals surface area contributed by atoms with Gasteiger partial charge in [0, 0.05) is 5.69 Å². The third kappa shape index (κ3) is 3.70. The van der Waals surface area contributed by atoms with Crippen molar-refractivity contribution in [2.24, 2.45) is 5.92 Å². The minimum absolute atomic E-state index is 0.0473. The van der Waals surface area contributed by atoms with Crippen LogP contribution in [-0.2, 0) is 15.6 Å². The van der Waals surface area contributed by atoms with E-state index in [9.17, 15) is 8.42 Å². The number of nitrogens with zero attached hydrogens (tertiary/aromatic N) is 1. The van der Waals surface area contributed by atoms with E-state index in [0.29, 0.717) is 23.9 Å². The first-order valence-corrected chi connectivity index (χ1v) is 8.12. The summed E-state index contributed by atoms with van der Waals surface area (Å²) in [5.74, 6) is 1.01. The van der Waals surface area contributed by atoms with Crippen LogP contribution in [0.5, 0.6) is 0 Å². The minimum atomic E-state index is -3.11. The minimum Gasteiger partial charge on any atom is -0.399 e. The average Bonchev–Trinajstić information content (AvgIpc) is 2.67. The summed E-state index contributed by atoms with van der Waals surface area (Å²) in [6, 6.07) is 5.29. The van der Waals surface area contributed by atoms with Crippen LogP contribution in [0.4, 0.5) is 5.69 Å². The van der Waals surface area contributed by atoms with Crippen LogP contribution in [0.1, 0.15) is 26.1 Å². The van der Waals surface area contributed by atoms with Gasteiger partial charge < -0.3 is 10.7 Å². The van der Waals surface area contributed by atoms with Crippen LogP contribution in [0.2, 0.25) is 0 Å². The molecule has 0 amide bonds. The maximum atomic E-state index is 12.0. The molecule has 2 rings (SSSR count). The molecule has 104 valence electrons. The van der Waals surface area contributed by atoms with Gasteiger partial charge in [0.05, 0.1) is 16.8 Å². The van der Waals surface area contributed by atoms with E-state index in [1.54, 1.807) is 18.2 Å². The lowest BCUT2D eigenvalue weighted by atomic mass is 10.2. The number of hydrogen-bond acceptors (Lipinski definition) is 4. The van der Waals surface area contributed by atoms with Crippen molar-refractivity contribution in [3.05, 3.63) is 24.0 Å². The number of nitrogen functional groups attached to an aromatic ring is 1. The third-order valence-electron chi connectivity index (χ3n) is 2.92. The van der Waals surface area contributed by atoms with Crippen LogP contribution in [0.3, 0.4) is 0 Å². The number of aromatic nitrogens is 2. The van der Waals surface area contributed by atoms with Crippen molar-refractivity contribution in [1.82, 2.24) is 9.97 Å². The van der Waals surface area contributed by atoms with Gasteiger partial charge in [0.2, 0.25) is 0 Å². The van der Waals surface area contributed by atoms with E-state index >= 15 is 0 Å². The molecule has 0 bridgehead atoms. The first kappa shape index (κ1) is 13.9. The number of hydrogen-bond donors (Lipinski definition) is 2. The smallest absolute Gasteiger partial charge is 0.157 e. The Hall–Kier alpha value is -1.56. The van der Waals surface area contributed by atoms with E-state index in [4.69, 9.17) is 5.73 Å². The van der Waals surface area contributed by atoms with Crippen molar-refractivity contribution in [2.45, 2.75) is 26.0 Å². The van der Waals surface area contributed by atoms with Crippen molar-refractivity contribution in [3.8, 4) is 0 Å². The summed E-state index contributed by atoms with van der Waals surface area (Å²) in [6.45, 7) is 4.03. The summed E-state index contributed by atoms with van der Waals surface area (Å²) in [7, 11) is -3.11. The summed E-state index contributed by atoms with van der Waals surface area (Å²) in [5.41, 5.74) is 7.82. The maximum Gasteiger partial charge on any atom is 0.157 e. The summed E-state index contributed by atoms with van der Waals surface area (Å²) in [5, 5.41) is 0. The largest absolute Gasteiger partial charge is 0.399 e. The second kappa shape index (κ2) is 5.21. The first-order chi connectivity index (χ1) is 8.85. The SMILES string of the molecule is CC(C)CCS(=O)(=O)Cc1nc2ccc(N)cc2[nH]1. The molecule has 0 saturated carbocycles. The molecule has 0 atom stereocenters. The molecule has 0 aliphatic carbocycles. The molecule has 3 N–H and O–H groups in total. The molecule has 5 nitrogen and oxygen atoms in total. The zero-order valence-electron chi connectivity index (χ0n) is 11.2. The van der Waals surface area contributed by atoms with Gasteiger partial charge in [-0.05, 0) is 30.5 Å². The Morgan fingerprint density at radius 3 is 2.79 bits per heavy atom. The monoisotopic (exact) mass is 281 g/mol. The van der Waals surface area contributed by atoms with E-state index < -0.39 is 9.84 Å². The van der Waals surface area contributed by atoms with Crippen LogP contribution in [0.15, 0.2) is 18.2 Å². The Bertz CT molecular complexity index is 674. The lowest BCUT2D eigenvalue weighted by Gasteiger charge is -2.04. The van der Waals surface area contributed by atoms with Crippen molar-refractivity contribution in [3.63, 3.8) is 0 Å². The van der Waals surface area contributed by atoms with Gasteiger partial charge in [-0.2, -0.15) is 0 Å². The Morgan fingerprint density at radius 2 is 2.11 bits per heavy atom. The lowest BCUT2D eigenvalue weighted by molar-refractivity contribution is 0.572. The van der Waals surface area contributed by atoms with Crippen LogP contribution in [0.25, 0.3) is 11.0 Å². The quantitative estimate of drug-likeness (QED) is 0.821. The Balaban J connectivity index is 2.17. The molecule has 2 aromatic rings. The number of aromatic amines is 1. The number of sulfone groups is 1. The van der Waals surface area contributed by atoms with Gasteiger partial charge >= 0.3 is 0 Å². The molecule has 1 aromatic carbocycles. The van der Waals surface area contributed by atoms with E-state index in [1.165, 1.54) is 0 Å². The second-order valence-electron chi connectivity index (χ2n) is 5.23. The zero-order valence-corrected chi connectivity index (χ0v) is 12.0. The zero-order chi connectivity index (χ0) is 14.0. The molecular formula is C13H19N3O2S. The van der Waals surface area contributed by atoms with Gasteiger partial charge in [-0.3, -0.25) is 0 Å². The second-order valence-corrected chi connectivity index (χ2v) is 7.42. The molecule has 0 radical (unpaired) electrons. The number of H-pyrrole nitrogens is 1. The Morgan fingerprint density at radius 1 is 1.37 bits per heavy atom. The number of rotatable bonds is 5. The number of imidazole rings is 1. The predicted molar refractivity (Wildman–Crippen MR) is 77.5 cm³/mol. The molecule has 0 fully saturated rings. The van der Waals surface area contributed by atoms with Gasteiger partial charge in [-0.15, -0.1) is 0 Å². The van der Waals surface area contributed by atoms with Crippen LogP contribution in [-0.4, -0.2) is 24.1 Å². The molecule has 0 aliphatic rings. The molecule has 0 aliphatic heterocycles. The van der Waals surface area contributed by atoms with Gasteiger partial charge in [0.25, 0.3) is 0 Å². The number of nitrogens with two attached hydrogens (primary N) is 1. The van der Waals surface area contributed by atoms with Gasteiger partial charge in [0.15, 0.2) is 9.84 Å². The fraction of sp³-hybridized carbons (Fsp3) is 0.462. The average molecular weight is 281 g/mol. The molecule has 0 unspecified atom stereocenters. The highest BCUT2D eigenvalue weighted by molar-refractivity contribution is 7.90. The van der Waals surface area contributed by atoms with Crippen molar-refractivity contribution >= 4 is 26.6 Å². The third-order valence-corrected chi connectivity index (χ3v) is 4.49. The number of benzene rings is 1. The highest BCUT2D eigenvalue weighted by Crippen LogP contribution is 2.16. The van der Waals surface area contributed by atoms with E-state index in [1.807, 2.05) is 13.8 Å². The lowest BCUT2D eigenvalue weighted by Crippen LogP contribution is -2.12. The normalized spacial score (nSPS) is 12.4. The van der Waals surface area contributed by atoms with E-state index in [2.05, 4.69) is 9.97 Å². The summed E-state index contributed by atoms with van der Waals surface area (Å²) in [4.78, 5) is 7.29. The molecule has 1 aromatic heterocycles. The van der Waals surface area contributed by atoms with Crippen molar-refractivity contribution in [1.29, 1.82) is 0 Å². The first-order valence-electron chi connectivity index (χ1n) is 6.30. The van der Waals surface area contributed by atoms with E-state index in [0.717, 1.165) is 11.0 Å². The van der Waals surface area contributed by atoms with Crippen molar-refractivity contribution in [2.75, 3.05) is 11.5 Å².